The quantitative estimate of drug-likeness (QED) is 0.842. The van der Waals surface area contributed by atoms with Gasteiger partial charge >= 0.3 is 6.18 Å². The molecule has 3 nitrogen and oxygen atoms in total. The average molecular weight is 362 g/mol. The molecule has 0 amide bonds. The summed E-state index contributed by atoms with van der Waals surface area (Å²) in [6.45, 7) is 2.57. The van der Waals surface area contributed by atoms with Gasteiger partial charge in [-0.05, 0) is 24.2 Å². The molecule has 0 radical (unpaired) electrons. The number of nitrogens with one attached hydrogen (secondary N) is 2. The van der Waals surface area contributed by atoms with Gasteiger partial charge in [0.2, 0.25) is 0 Å². The Balaban J connectivity index is 2.32. The van der Waals surface area contributed by atoms with Crippen LogP contribution in [0.3, 0.4) is 0 Å². The Morgan fingerprint density at radius 2 is 2.14 bits per heavy atom. The van der Waals surface area contributed by atoms with Crippen molar-refractivity contribution in [2.75, 3.05) is 6.54 Å². The van der Waals surface area contributed by atoms with Crippen LogP contribution in [0.25, 0.3) is 0 Å². The highest BCUT2D eigenvalue weighted by Gasteiger charge is 2.33. The number of imidazole rings is 1. The zero-order valence-corrected chi connectivity index (χ0v) is 12.9. The van der Waals surface area contributed by atoms with Crippen LogP contribution in [0.5, 0.6) is 0 Å². The van der Waals surface area contributed by atoms with Gasteiger partial charge < -0.3 is 10.3 Å². The molecular formula is C14H15BrF3N3. The van der Waals surface area contributed by atoms with Crippen molar-refractivity contribution >= 4 is 15.9 Å². The fraction of sp³-hybridized carbons (Fsp3) is 0.357. The van der Waals surface area contributed by atoms with Gasteiger partial charge in [0.05, 0.1) is 5.56 Å². The second-order valence-electron chi connectivity index (χ2n) is 4.59. The van der Waals surface area contributed by atoms with Gasteiger partial charge in [-0.25, -0.2) is 4.98 Å². The van der Waals surface area contributed by atoms with Gasteiger partial charge in [-0.3, -0.25) is 0 Å². The van der Waals surface area contributed by atoms with E-state index in [4.69, 9.17) is 0 Å². The van der Waals surface area contributed by atoms with E-state index in [1.165, 1.54) is 12.1 Å². The van der Waals surface area contributed by atoms with Crippen LogP contribution in [0, 0.1) is 0 Å². The molecule has 0 saturated carbocycles. The Morgan fingerprint density at radius 1 is 1.38 bits per heavy atom. The molecule has 1 atom stereocenters. The molecule has 0 fully saturated rings. The molecule has 2 aromatic rings. The maximum Gasteiger partial charge on any atom is 0.417 e. The number of aromatic amines is 1. The van der Waals surface area contributed by atoms with E-state index < -0.39 is 11.7 Å². The number of rotatable bonds is 5. The lowest BCUT2D eigenvalue weighted by atomic mass is 10.0. The summed E-state index contributed by atoms with van der Waals surface area (Å²) in [4.78, 5) is 7.09. The van der Waals surface area contributed by atoms with Gasteiger partial charge in [0.25, 0.3) is 0 Å². The summed E-state index contributed by atoms with van der Waals surface area (Å²) in [7, 11) is 0. The summed E-state index contributed by atoms with van der Waals surface area (Å²) < 4.78 is 39.0. The standard InChI is InChI=1S/C14H15BrF3N3/c1-2-19-12(8-13-20-5-6-21-13)9-3-4-11(15)10(7-9)14(16,17)18/h3-7,12,19H,2,8H2,1H3,(H,20,21). The van der Waals surface area contributed by atoms with Gasteiger partial charge in [-0.15, -0.1) is 0 Å². The first-order valence-electron chi connectivity index (χ1n) is 6.50. The highest BCUT2D eigenvalue weighted by atomic mass is 79.9. The van der Waals surface area contributed by atoms with Crippen molar-refractivity contribution in [2.24, 2.45) is 0 Å². The number of H-pyrrole nitrogens is 1. The number of hydrogen-bond donors (Lipinski definition) is 2. The minimum Gasteiger partial charge on any atom is -0.349 e. The average Bonchev–Trinajstić information content (AvgIpc) is 2.90. The van der Waals surface area contributed by atoms with Crippen molar-refractivity contribution < 1.29 is 13.2 Å². The fourth-order valence-corrected chi connectivity index (χ4v) is 2.61. The van der Waals surface area contributed by atoms with Crippen molar-refractivity contribution in [3.05, 3.63) is 52.0 Å². The Kier molecular flexibility index (Phi) is 5.05. The number of aromatic nitrogens is 2. The highest BCUT2D eigenvalue weighted by molar-refractivity contribution is 9.10. The number of alkyl halides is 3. The topological polar surface area (TPSA) is 40.7 Å². The molecule has 2 N–H and O–H groups in total. The lowest BCUT2D eigenvalue weighted by molar-refractivity contribution is -0.138. The fourth-order valence-electron chi connectivity index (χ4n) is 2.13. The van der Waals surface area contributed by atoms with Crippen molar-refractivity contribution in [2.45, 2.75) is 25.6 Å². The first kappa shape index (κ1) is 16.0. The van der Waals surface area contributed by atoms with E-state index in [9.17, 15) is 13.2 Å². The van der Waals surface area contributed by atoms with E-state index >= 15 is 0 Å². The van der Waals surface area contributed by atoms with E-state index in [-0.39, 0.29) is 10.5 Å². The van der Waals surface area contributed by atoms with Crippen molar-refractivity contribution in [3.8, 4) is 0 Å². The molecule has 0 saturated heterocycles. The molecule has 7 heteroatoms. The normalized spacial score (nSPS) is 13.4. The molecule has 0 aliphatic heterocycles. The Labute approximate surface area is 129 Å². The molecule has 114 valence electrons. The largest absolute Gasteiger partial charge is 0.417 e. The third kappa shape index (κ3) is 4.07. The van der Waals surface area contributed by atoms with Crippen molar-refractivity contribution in [3.63, 3.8) is 0 Å². The first-order valence-corrected chi connectivity index (χ1v) is 7.29. The van der Waals surface area contributed by atoms with Gasteiger partial charge in [0.15, 0.2) is 0 Å². The minimum absolute atomic E-state index is 0.0481. The molecule has 2 rings (SSSR count). The molecule has 1 aromatic carbocycles. The van der Waals surface area contributed by atoms with E-state index in [1.54, 1.807) is 18.5 Å². The summed E-state index contributed by atoms with van der Waals surface area (Å²) in [5, 5.41) is 3.19. The Hall–Kier alpha value is -1.34. The van der Waals surface area contributed by atoms with E-state index in [2.05, 4.69) is 31.2 Å². The first-order chi connectivity index (χ1) is 9.91. The molecule has 1 aromatic heterocycles. The zero-order chi connectivity index (χ0) is 15.5. The second-order valence-corrected chi connectivity index (χ2v) is 5.44. The van der Waals surface area contributed by atoms with Crippen molar-refractivity contribution in [1.29, 1.82) is 0 Å². The van der Waals surface area contributed by atoms with Gasteiger partial charge in [-0.1, -0.05) is 28.9 Å². The molecule has 1 unspecified atom stereocenters. The van der Waals surface area contributed by atoms with Crippen LogP contribution < -0.4 is 5.32 Å². The molecule has 0 aliphatic rings. The SMILES string of the molecule is CCNC(Cc1ncc[nH]1)c1ccc(Br)c(C(F)(F)F)c1. The summed E-state index contributed by atoms with van der Waals surface area (Å²) in [6.07, 6.45) is -0.557. The summed E-state index contributed by atoms with van der Waals surface area (Å²) in [5.74, 6) is 0.734. The number of halogens is 4. The summed E-state index contributed by atoms with van der Waals surface area (Å²) in [5.41, 5.74) is -0.0777. The van der Waals surface area contributed by atoms with Crippen LogP contribution in [-0.2, 0) is 12.6 Å². The number of nitrogens with zero attached hydrogens (tertiary/aromatic N) is 1. The number of hydrogen-bond acceptors (Lipinski definition) is 2. The minimum atomic E-state index is -4.38. The third-order valence-electron chi connectivity index (χ3n) is 3.10. The van der Waals surface area contributed by atoms with Gasteiger partial charge in [-0.2, -0.15) is 13.2 Å². The zero-order valence-electron chi connectivity index (χ0n) is 11.3. The molecule has 0 bridgehead atoms. The maximum absolute atomic E-state index is 13.0. The second kappa shape index (κ2) is 6.62. The molecular weight excluding hydrogens is 347 g/mol. The van der Waals surface area contributed by atoms with E-state index in [1.807, 2.05) is 6.92 Å². The van der Waals surface area contributed by atoms with Gasteiger partial charge in [0.1, 0.15) is 5.82 Å². The smallest absolute Gasteiger partial charge is 0.349 e. The van der Waals surface area contributed by atoms with Crippen LogP contribution in [0.2, 0.25) is 0 Å². The van der Waals surface area contributed by atoms with E-state index in [0.717, 1.165) is 5.82 Å². The highest BCUT2D eigenvalue weighted by Crippen LogP contribution is 2.36. The summed E-state index contributed by atoms with van der Waals surface area (Å²) >= 11 is 2.96. The van der Waals surface area contributed by atoms with Crippen LogP contribution in [0.1, 0.15) is 29.9 Å². The molecule has 0 spiro atoms. The van der Waals surface area contributed by atoms with Crippen LogP contribution in [0.15, 0.2) is 35.1 Å². The number of likely N-dealkylation sites (N-methyl/N-ethyl adjacent to an activating group) is 1. The summed E-state index contributed by atoms with van der Waals surface area (Å²) in [6, 6.07) is 4.08. The van der Waals surface area contributed by atoms with Crippen LogP contribution in [0.4, 0.5) is 13.2 Å². The lowest BCUT2D eigenvalue weighted by Gasteiger charge is -2.19. The molecule has 0 aliphatic carbocycles. The predicted octanol–water partition coefficient (Wildman–Crippen LogP) is 4.08. The molecule has 1 heterocycles. The maximum atomic E-state index is 13.0. The van der Waals surface area contributed by atoms with Crippen LogP contribution in [-0.4, -0.2) is 16.5 Å². The Morgan fingerprint density at radius 3 is 2.71 bits per heavy atom. The molecule has 21 heavy (non-hydrogen) atoms. The lowest BCUT2D eigenvalue weighted by Crippen LogP contribution is -2.24. The predicted molar refractivity (Wildman–Crippen MR) is 77.9 cm³/mol. The Bertz CT molecular complexity index is 582. The van der Waals surface area contributed by atoms with E-state index in [0.29, 0.717) is 18.5 Å². The van der Waals surface area contributed by atoms with Crippen molar-refractivity contribution in [1.82, 2.24) is 15.3 Å². The third-order valence-corrected chi connectivity index (χ3v) is 3.79. The van der Waals surface area contributed by atoms with Crippen LogP contribution >= 0.6 is 15.9 Å². The van der Waals surface area contributed by atoms with Gasteiger partial charge in [0, 0.05) is 29.3 Å². The number of benzene rings is 1. The monoisotopic (exact) mass is 361 g/mol.